The van der Waals surface area contributed by atoms with Crippen LogP contribution in [0.25, 0.3) is 0 Å². The molecule has 1 aromatic carbocycles. The van der Waals surface area contributed by atoms with Crippen molar-refractivity contribution in [2.45, 2.75) is 32.7 Å². The molecule has 5 nitrogen and oxygen atoms in total. The summed E-state index contributed by atoms with van der Waals surface area (Å²) in [5, 5.41) is 13.7. The van der Waals surface area contributed by atoms with Crippen LogP contribution in [0.4, 0.5) is 5.69 Å². The van der Waals surface area contributed by atoms with Crippen molar-refractivity contribution in [1.29, 1.82) is 0 Å². The lowest BCUT2D eigenvalue weighted by Gasteiger charge is -2.16. The molecule has 0 heterocycles. The second kappa shape index (κ2) is 7.09. The molecule has 0 aliphatic rings. The molecule has 0 saturated heterocycles. The van der Waals surface area contributed by atoms with Crippen molar-refractivity contribution in [3.05, 3.63) is 39.4 Å². The van der Waals surface area contributed by atoms with Gasteiger partial charge in [0.1, 0.15) is 0 Å². The number of nitro groups is 1. The normalized spacial score (nSPS) is 11.9. The van der Waals surface area contributed by atoms with Crippen molar-refractivity contribution in [3.63, 3.8) is 0 Å². The van der Waals surface area contributed by atoms with Gasteiger partial charge in [-0.1, -0.05) is 13.0 Å². The van der Waals surface area contributed by atoms with Crippen LogP contribution in [0.2, 0.25) is 0 Å². The molecule has 1 rings (SSSR count). The zero-order valence-corrected chi connectivity index (χ0v) is 11.7. The number of nitro benzene ring substituents is 1. The van der Waals surface area contributed by atoms with Crippen LogP contribution in [-0.4, -0.2) is 22.8 Å². The minimum Gasteiger partial charge on any atom is -0.349 e. The molecule has 19 heavy (non-hydrogen) atoms. The van der Waals surface area contributed by atoms with Crippen LogP contribution < -0.4 is 5.32 Å². The van der Waals surface area contributed by atoms with E-state index in [2.05, 4.69) is 5.32 Å². The average Bonchev–Trinajstić information content (AvgIpc) is 2.37. The van der Waals surface area contributed by atoms with Crippen LogP contribution in [0.5, 0.6) is 0 Å². The SMILES string of the molecule is CCC(CCCl)NC(=O)c1cccc([N+](=O)[O-])c1C. The van der Waals surface area contributed by atoms with E-state index in [9.17, 15) is 14.9 Å². The molecule has 6 heteroatoms. The number of benzene rings is 1. The summed E-state index contributed by atoms with van der Waals surface area (Å²) in [4.78, 5) is 22.5. The van der Waals surface area contributed by atoms with E-state index in [4.69, 9.17) is 11.6 Å². The molecule has 1 N–H and O–H groups in total. The van der Waals surface area contributed by atoms with Gasteiger partial charge in [0, 0.05) is 29.1 Å². The van der Waals surface area contributed by atoms with Gasteiger partial charge in [-0.3, -0.25) is 14.9 Å². The van der Waals surface area contributed by atoms with Crippen LogP contribution in [0.3, 0.4) is 0 Å². The molecule has 0 aliphatic heterocycles. The molecule has 1 atom stereocenters. The Morgan fingerprint density at radius 3 is 2.74 bits per heavy atom. The monoisotopic (exact) mass is 284 g/mol. The van der Waals surface area contributed by atoms with Gasteiger partial charge < -0.3 is 5.32 Å². The molecule has 1 aromatic rings. The quantitative estimate of drug-likeness (QED) is 0.496. The molecule has 0 saturated carbocycles. The van der Waals surface area contributed by atoms with E-state index < -0.39 is 4.92 Å². The summed E-state index contributed by atoms with van der Waals surface area (Å²) in [6, 6.07) is 4.49. The molecule has 0 spiro atoms. The molecule has 0 fully saturated rings. The lowest BCUT2D eigenvalue weighted by Crippen LogP contribution is -2.35. The number of amides is 1. The lowest BCUT2D eigenvalue weighted by molar-refractivity contribution is -0.385. The number of hydrogen-bond donors (Lipinski definition) is 1. The molecule has 104 valence electrons. The average molecular weight is 285 g/mol. The molecule has 1 unspecified atom stereocenters. The third-order valence-corrected chi connectivity index (χ3v) is 3.25. The number of carbonyl (C=O) groups is 1. The summed E-state index contributed by atoms with van der Waals surface area (Å²) in [5.41, 5.74) is 0.672. The van der Waals surface area contributed by atoms with Gasteiger partial charge in [0.25, 0.3) is 11.6 Å². The summed E-state index contributed by atoms with van der Waals surface area (Å²) in [5.74, 6) is 0.172. The topological polar surface area (TPSA) is 72.2 Å². The highest BCUT2D eigenvalue weighted by Gasteiger charge is 2.19. The van der Waals surface area contributed by atoms with Crippen LogP contribution in [0.15, 0.2) is 18.2 Å². The number of alkyl halides is 1. The van der Waals surface area contributed by atoms with E-state index in [1.54, 1.807) is 13.0 Å². The van der Waals surface area contributed by atoms with Crippen LogP contribution in [0.1, 0.15) is 35.7 Å². The summed E-state index contributed by atoms with van der Waals surface area (Å²) in [7, 11) is 0. The minimum atomic E-state index is -0.484. The first-order valence-electron chi connectivity index (χ1n) is 6.12. The lowest BCUT2D eigenvalue weighted by atomic mass is 10.0. The molecular weight excluding hydrogens is 268 g/mol. The van der Waals surface area contributed by atoms with Crippen LogP contribution in [0, 0.1) is 17.0 Å². The molecule has 0 aromatic heterocycles. The number of carbonyl (C=O) groups excluding carboxylic acids is 1. The first-order chi connectivity index (χ1) is 9.01. The van der Waals surface area contributed by atoms with Gasteiger partial charge in [-0.25, -0.2) is 0 Å². The minimum absolute atomic E-state index is 0.0105. The van der Waals surface area contributed by atoms with Gasteiger partial charge in [-0.15, -0.1) is 11.6 Å². The Bertz CT molecular complexity index is 477. The Kier molecular flexibility index (Phi) is 5.76. The van der Waals surface area contributed by atoms with E-state index in [0.29, 0.717) is 23.4 Å². The third-order valence-electron chi connectivity index (χ3n) is 3.03. The summed E-state index contributed by atoms with van der Waals surface area (Å²) >= 11 is 5.66. The smallest absolute Gasteiger partial charge is 0.273 e. The summed E-state index contributed by atoms with van der Waals surface area (Å²) in [6.45, 7) is 3.54. The van der Waals surface area contributed by atoms with Gasteiger partial charge in [0.05, 0.1) is 4.92 Å². The highest BCUT2D eigenvalue weighted by Crippen LogP contribution is 2.21. The first kappa shape index (κ1) is 15.4. The Morgan fingerprint density at radius 1 is 1.53 bits per heavy atom. The Morgan fingerprint density at radius 2 is 2.21 bits per heavy atom. The predicted molar refractivity (Wildman–Crippen MR) is 74.7 cm³/mol. The maximum Gasteiger partial charge on any atom is 0.273 e. The molecule has 0 bridgehead atoms. The fourth-order valence-corrected chi connectivity index (χ4v) is 2.10. The largest absolute Gasteiger partial charge is 0.349 e. The summed E-state index contributed by atoms with van der Waals surface area (Å²) in [6.07, 6.45) is 1.45. The van der Waals surface area contributed by atoms with E-state index in [0.717, 1.165) is 6.42 Å². The molecule has 0 aliphatic carbocycles. The standard InChI is InChI=1S/C13H17ClN2O3/c1-3-10(7-8-14)15-13(17)11-5-4-6-12(9(11)2)16(18)19/h4-6,10H,3,7-8H2,1-2H3,(H,15,17). The zero-order chi connectivity index (χ0) is 14.4. The van der Waals surface area contributed by atoms with Gasteiger partial charge in [-0.2, -0.15) is 0 Å². The Balaban J connectivity index is 2.94. The second-order valence-corrected chi connectivity index (χ2v) is 4.64. The van der Waals surface area contributed by atoms with Crippen molar-refractivity contribution in [3.8, 4) is 0 Å². The van der Waals surface area contributed by atoms with Gasteiger partial charge >= 0.3 is 0 Å². The van der Waals surface area contributed by atoms with Crippen molar-refractivity contribution in [1.82, 2.24) is 5.32 Å². The molecule has 0 radical (unpaired) electrons. The predicted octanol–water partition coefficient (Wildman–Crippen LogP) is 3.04. The third kappa shape index (κ3) is 3.92. The van der Waals surface area contributed by atoms with Crippen LogP contribution in [-0.2, 0) is 0 Å². The van der Waals surface area contributed by atoms with Gasteiger partial charge in [0.2, 0.25) is 0 Å². The van der Waals surface area contributed by atoms with Crippen molar-refractivity contribution < 1.29 is 9.72 Å². The number of hydrogen-bond acceptors (Lipinski definition) is 3. The number of rotatable bonds is 6. The summed E-state index contributed by atoms with van der Waals surface area (Å²) < 4.78 is 0. The maximum absolute atomic E-state index is 12.1. The van der Waals surface area contributed by atoms with Gasteiger partial charge in [-0.05, 0) is 25.8 Å². The number of nitrogens with one attached hydrogen (secondary N) is 1. The fraction of sp³-hybridized carbons (Fsp3) is 0.462. The molecular formula is C13H17ClN2O3. The maximum atomic E-state index is 12.1. The van der Waals surface area contributed by atoms with E-state index in [1.165, 1.54) is 12.1 Å². The first-order valence-corrected chi connectivity index (χ1v) is 6.65. The Hall–Kier alpha value is -1.62. The molecule has 1 amide bonds. The number of halogens is 1. The second-order valence-electron chi connectivity index (χ2n) is 4.26. The zero-order valence-electron chi connectivity index (χ0n) is 11.0. The highest BCUT2D eigenvalue weighted by molar-refractivity contribution is 6.17. The van der Waals surface area contributed by atoms with Crippen LogP contribution >= 0.6 is 11.6 Å². The van der Waals surface area contributed by atoms with E-state index >= 15 is 0 Å². The van der Waals surface area contributed by atoms with Crippen molar-refractivity contribution >= 4 is 23.2 Å². The fourth-order valence-electron chi connectivity index (χ4n) is 1.84. The van der Waals surface area contributed by atoms with E-state index in [-0.39, 0.29) is 17.6 Å². The van der Waals surface area contributed by atoms with E-state index in [1.807, 2.05) is 6.92 Å². The Labute approximate surface area is 117 Å². The van der Waals surface area contributed by atoms with Crippen molar-refractivity contribution in [2.75, 3.05) is 5.88 Å². The highest BCUT2D eigenvalue weighted by atomic mass is 35.5. The van der Waals surface area contributed by atoms with Crippen molar-refractivity contribution in [2.24, 2.45) is 0 Å². The number of nitrogens with zero attached hydrogens (tertiary/aromatic N) is 1. The van der Waals surface area contributed by atoms with Gasteiger partial charge in [0.15, 0.2) is 0 Å².